The Kier molecular flexibility index (Phi) is 3.12. The van der Waals surface area contributed by atoms with Gasteiger partial charge in [0.1, 0.15) is 6.73 Å². The quantitative estimate of drug-likeness (QED) is 0.685. The molecule has 15 heavy (non-hydrogen) atoms. The summed E-state index contributed by atoms with van der Waals surface area (Å²) in [6, 6.07) is 0. The molecule has 0 aromatic carbocycles. The molecule has 0 saturated carbocycles. The van der Waals surface area contributed by atoms with E-state index in [0.717, 1.165) is 0 Å². The molecule has 1 aliphatic rings. The lowest BCUT2D eigenvalue weighted by molar-refractivity contribution is -0.163. The molecule has 0 unspecified atom stereocenters. The number of hydrogen-bond acceptors (Lipinski definition) is 3. The van der Waals surface area contributed by atoms with Crippen LogP contribution in [0.2, 0.25) is 0 Å². The van der Waals surface area contributed by atoms with Gasteiger partial charge in [0, 0.05) is 19.2 Å². The molecule has 0 N–H and O–H groups in total. The number of hydrogen-bond donors (Lipinski definition) is 0. The minimum absolute atomic E-state index is 0.0179. The van der Waals surface area contributed by atoms with Crippen molar-refractivity contribution in [3.05, 3.63) is 0 Å². The first-order valence-corrected chi connectivity index (χ1v) is 5.26. The highest BCUT2D eigenvalue weighted by Crippen LogP contribution is 2.31. The summed E-state index contributed by atoms with van der Waals surface area (Å²) in [6.07, 6.45) is 0. The molecule has 4 heteroatoms. The van der Waals surface area contributed by atoms with E-state index in [1.54, 1.807) is 12.0 Å². The Morgan fingerprint density at radius 1 is 1.33 bits per heavy atom. The van der Waals surface area contributed by atoms with Crippen LogP contribution < -0.4 is 0 Å². The molecule has 0 spiro atoms. The van der Waals surface area contributed by atoms with Crippen molar-refractivity contribution in [2.45, 2.75) is 38.8 Å². The number of rotatable bonds is 2. The van der Waals surface area contributed by atoms with Crippen molar-refractivity contribution in [1.82, 2.24) is 9.80 Å². The zero-order chi connectivity index (χ0) is 11.9. The molecule has 4 nitrogen and oxygen atoms in total. The molecule has 1 aliphatic heterocycles. The molecule has 1 heterocycles. The van der Waals surface area contributed by atoms with Crippen molar-refractivity contribution in [3.8, 4) is 0 Å². The van der Waals surface area contributed by atoms with E-state index in [9.17, 15) is 4.79 Å². The largest absolute Gasteiger partial charge is 0.364 e. The van der Waals surface area contributed by atoms with Crippen LogP contribution in [0, 0.1) is 0 Å². The van der Waals surface area contributed by atoms with E-state index in [4.69, 9.17) is 4.74 Å². The van der Waals surface area contributed by atoms with Gasteiger partial charge in [-0.05, 0) is 34.7 Å². The summed E-state index contributed by atoms with van der Waals surface area (Å²) in [5.74, 6) is 0.131. The Morgan fingerprint density at radius 2 is 1.87 bits per heavy atom. The number of methoxy groups -OCH3 is 1. The van der Waals surface area contributed by atoms with Crippen LogP contribution in [0.1, 0.15) is 27.7 Å². The van der Waals surface area contributed by atoms with Crippen molar-refractivity contribution in [2.75, 3.05) is 27.4 Å². The van der Waals surface area contributed by atoms with Gasteiger partial charge in [-0.2, -0.15) is 0 Å². The highest BCUT2D eigenvalue weighted by Gasteiger charge is 2.48. The Labute approximate surface area is 92.2 Å². The highest BCUT2D eigenvalue weighted by molar-refractivity contribution is 5.86. The van der Waals surface area contributed by atoms with E-state index >= 15 is 0 Å². The summed E-state index contributed by atoms with van der Waals surface area (Å²) in [5.41, 5.74) is -0.476. The van der Waals surface area contributed by atoms with Crippen LogP contribution in [-0.4, -0.2) is 54.2 Å². The molecular formula is C11H22N2O2. The summed E-state index contributed by atoms with van der Waals surface area (Å²) in [4.78, 5) is 16.1. The molecular weight excluding hydrogens is 192 g/mol. The lowest BCUT2D eigenvalue weighted by atomic mass is 9.88. The molecule has 0 atom stereocenters. The average Bonchev–Trinajstić information content (AvgIpc) is 2.12. The van der Waals surface area contributed by atoms with Crippen LogP contribution in [-0.2, 0) is 9.53 Å². The smallest absolute Gasteiger partial charge is 0.244 e. The molecule has 1 fully saturated rings. The van der Waals surface area contributed by atoms with Gasteiger partial charge in [-0.25, -0.2) is 0 Å². The van der Waals surface area contributed by atoms with Crippen LogP contribution in [0.3, 0.4) is 0 Å². The van der Waals surface area contributed by atoms with Crippen molar-refractivity contribution < 1.29 is 9.53 Å². The van der Waals surface area contributed by atoms with E-state index in [0.29, 0.717) is 13.3 Å². The standard InChI is InChI=1S/C11H22N2O2/c1-10(2)7-13(8-15-6)9(14)11(3,4)12(10)5/h7-8H2,1-6H3. The SMILES string of the molecule is COCN1CC(C)(C)N(C)C(C)(C)C1=O. The first-order valence-electron chi connectivity index (χ1n) is 5.26. The molecule has 0 radical (unpaired) electrons. The van der Waals surface area contributed by atoms with E-state index in [-0.39, 0.29) is 11.4 Å². The van der Waals surface area contributed by atoms with Gasteiger partial charge in [0.25, 0.3) is 0 Å². The summed E-state index contributed by atoms with van der Waals surface area (Å²) >= 11 is 0. The second-order valence-electron chi connectivity index (χ2n) is 5.35. The fraction of sp³-hybridized carbons (Fsp3) is 0.909. The van der Waals surface area contributed by atoms with Gasteiger partial charge in [0.15, 0.2) is 0 Å². The Hall–Kier alpha value is -0.610. The number of piperazine rings is 1. The summed E-state index contributed by atoms with van der Waals surface area (Å²) < 4.78 is 5.06. The van der Waals surface area contributed by atoms with Gasteiger partial charge >= 0.3 is 0 Å². The second kappa shape index (κ2) is 3.76. The third-order valence-electron chi connectivity index (χ3n) is 3.42. The van der Waals surface area contributed by atoms with Crippen LogP contribution in [0.4, 0.5) is 0 Å². The van der Waals surface area contributed by atoms with Crippen molar-refractivity contribution >= 4 is 5.91 Å². The predicted octanol–water partition coefficient (Wildman–Crippen LogP) is 0.922. The first kappa shape index (κ1) is 12.5. The monoisotopic (exact) mass is 214 g/mol. The zero-order valence-electron chi connectivity index (χ0n) is 10.6. The topological polar surface area (TPSA) is 32.8 Å². The molecule has 0 bridgehead atoms. The summed E-state index contributed by atoms with van der Waals surface area (Å²) in [6.45, 7) is 9.28. The summed E-state index contributed by atoms with van der Waals surface area (Å²) in [7, 11) is 3.62. The van der Waals surface area contributed by atoms with Gasteiger partial charge in [0.2, 0.25) is 5.91 Å². The van der Waals surface area contributed by atoms with E-state index in [1.807, 2.05) is 20.9 Å². The van der Waals surface area contributed by atoms with Crippen LogP contribution in [0.15, 0.2) is 0 Å². The molecule has 1 rings (SSSR count). The maximum Gasteiger partial charge on any atom is 0.244 e. The third kappa shape index (κ3) is 2.01. The predicted molar refractivity (Wildman–Crippen MR) is 59.5 cm³/mol. The Bertz CT molecular complexity index is 261. The number of nitrogens with zero attached hydrogens (tertiary/aromatic N) is 2. The molecule has 0 aromatic heterocycles. The maximum atomic E-state index is 12.1. The van der Waals surface area contributed by atoms with Crippen LogP contribution in [0.25, 0.3) is 0 Å². The van der Waals surface area contributed by atoms with Gasteiger partial charge in [-0.1, -0.05) is 0 Å². The minimum Gasteiger partial charge on any atom is -0.364 e. The fourth-order valence-electron chi connectivity index (χ4n) is 2.19. The number of ether oxygens (including phenoxy) is 1. The van der Waals surface area contributed by atoms with Crippen LogP contribution >= 0.6 is 0 Å². The molecule has 0 aromatic rings. The second-order valence-corrected chi connectivity index (χ2v) is 5.35. The van der Waals surface area contributed by atoms with Gasteiger partial charge in [0.05, 0.1) is 5.54 Å². The lowest BCUT2D eigenvalue weighted by Gasteiger charge is -2.53. The number of amides is 1. The first-order chi connectivity index (χ1) is 6.73. The van der Waals surface area contributed by atoms with Crippen molar-refractivity contribution in [3.63, 3.8) is 0 Å². The Balaban J connectivity index is 2.96. The Morgan fingerprint density at radius 3 is 2.33 bits per heavy atom. The van der Waals surface area contributed by atoms with Gasteiger partial charge in [-0.3, -0.25) is 9.69 Å². The lowest BCUT2D eigenvalue weighted by Crippen LogP contribution is -2.70. The van der Waals surface area contributed by atoms with Crippen LogP contribution in [0.5, 0.6) is 0 Å². The molecule has 1 saturated heterocycles. The third-order valence-corrected chi connectivity index (χ3v) is 3.42. The zero-order valence-corrected chi connectivity index (χ0v) is 10.6. The van der Waals surface area contributed by atoms with Crippen molar-refractivity contribution in [1.29, 1.82) is 0 Å². The number of carbonyl (C=O) groups is 1. The fourth-order valence-corrected chi connectivity index (χ4v) is 2.19. The molecule has 1 amide bonds. The molecule has 0 aliphatic carbocycles. The van der Waals surface area contributed by atoms with Gasteiger partial charge in [-0.15, -0.1) is 0 Å². The van der Waals surface area contributed by atoms with Gasteiger partial charge < -0.3 is 9.64 Å². The number of likely N-dealkylation sites (N-methyl/N-ethyl adjacent to an activating group) is 1. The number of carbonyl (C=O) groups excluding carboxylic acids is 1. The van der Waals surface area contributed by atoms with Crippen molar-refractivity contribution in [2.24, 2.45) is 0 Å². The van der Waals surface area contributed by atoms with E-state index < -0.39 is 5.54 Å². The van der Waals surface area contributed by atoms with E-state index in [2.05, 4.69) is 18.7 Å². The minimum atomic E-state index is -0.458. The average molecular weight is 214 g/mol. The highest BCUT2D eigenvalue weighted by atomic mass is 16.5. The van der Waals surface area contributed by atoms with E-state index in [1.165, 1.54) is 0 Å². The molecule has 88 valence electrons. The summed E-state index contributed by atoms with van der Waals surface area (Å²) in [5, 5.41) is 0. The normalized spacial score (nSPS) is 25.7. The maximum absolute atomic E-state index is 12.1.